The van der Waals surface area contributed by atoms with Crippen molar-refractivity contribution in [3.05, 3.63) is 87.8 Å². The highest BCUT2D eigenvalue weighted by Gasteiger charge is 2.29. The van der Waals surface area contributed by atoms with Crippen molar-refractivity contribution in [1.29, 1.82) is 0 Å². The van der Waals surface area contributed by atoms with Crippen LogP contribution in [0, 0.1) is 12.7 Å². The normalized spacial score (nSPS) is 10.9. The van der Waals surface area contributed by atoms with E-state index in [1.54, 1.807) is 29.7 Å². The molecule has 0 amide bonds. The van der Waals surface area contributed by atoms with Gasteiger partial charge >= 0.3 is 5.97 Å². The van der Waals surface area contributed by atoms with Gasteiger partial charge in [0.2, 0.25) is 0 Å². The number of nitrogens with zero attached hydrogens (tertiary/aromatic N) is 2. The van der Waals surface area contributed by atoms with E-state index in [1.165, 1.54) is 25.3 Å². The summed E-state index contributed by atoms with van der Waals surface area (Å²) in [5.74, 6) is -0.442. The van der Waals surface area contributed by atoms with Crippen LogP contribution in [0.3, 0.4) is 0 Å². The van der Waals surface area contributed by atoms with E-state index in [0.29, 0.717) is 32.7 Å². The monoisotopic (exact) mass is 498 g/mol. The zero-order valence-electron chi connectivity index (χ0n) is 18.7. The van der Waals surface area contributed by atoms with Crippen LogP contribution in [0.25, 0.3) is 28.3 Å². The maximum Gasteiger partial charge on any atom is 0.359 e. The minimum Gasteiger partial charge on any atom is -0.496 e. The van der Waals surface area contributed by atoms with Crippen molar-refractivity contribution >= 4 is 29.2 Å². The van der Waals surface area contributed by atoms with Gasteiger partial charge in [-0.05, 0) is 56.3 Å². The molecule has 4 rings (SSSR count). The molecule has 1 aromatic heterocycles. The zero-order valence-corrected chi connectivity index (χ0v) is 20.2. The van der Waals surface area contributed by atoms with Crippen molar-refractivity contribution < 1.29 is 18.7 Å². The summed E-state index contributed by atoms with van der Waals surface area (Å²) in [6.07, 6.45) is 0. The first-order valence-corrected chi connectivity index (χ1v) is 11.3. The van der Waals surface area contributed by atoms with Gasteiger partial charge in [0.25, 0.3) is 0 Å². The number of benzene rings is 3. The van der Waals surface area contributed by atoms with Crippen LogP contribution < -0.4 is 4.74 Å². The summed E-state index contributed by atoms with van der Waals surface area (Å²) in [5.41, 5.74) is 2.48. The predicted molar refractivity (Wildman–Crippen MR) is 132 cm³/mol. The average molecular weight is 499 g/mol. The third-order valence-corrected chi connectivity index (χ3v) is 5.66. The quantitative estimate of drug-likeness (QED) is 0.265. The topological polar surface area (TPSA) is 53.3 Å². The highest BCUT2D eigenvalue weighted by molar-refractivity contribution is 6.31. The molecule has 0 aliphatic carbocycles. The van der Waals surface area contributed by atoms with E-state index in [4.69, 9.17) is 32.7 Å². The SMILES string of the molecule is CCOC(=O)c1nc(-c2cccc(C)c2)n(-c2cc(Cl)ccc2F)c1-c1cc(Cl)ccc1OC. The standard InChI is InChI=1S/C26H21Cl2FN2O3/c1-4-34-26(32)23-24(19-13-17(27)9-11-22(19)33-3)31(21-14-18(28)8-10-20(21)29)25(30-23)16-7-5-6-15(2)12-16/h5-14H,4H2,1-3H3. The Hall–Kier alpha value is -3.35. The zero-order chi connectivity index (χ0) is 24.4. The predicted octanol–water partition coefficient (Wildman–Crippen LogP) is 7.15. The van der Waals surface area contributed by atoms with Crippen molar-refractivity contribution in [1.82, 2.24) is 9.55 Å². The molecule has 8 heteroatoms. The van der Waals surface area contributed by atoms with Gasteiger partial charge in [-0.1, -0.05) is 47.0 Å². The Bertz CT molecular complexity index is 1380. The Kier molecular flexibility index (Phi) is 6.91. The van der Waals surface area contributed by atoms with Crippen molar-refractivity contribution in [2.45, 2.75) is 13.8 Å². The third kappa shape index (κ3) is 4.52. The average Bonchev–Trinajstić information content (AvgIpc) is 3.21. The Morgan fingerprint density at radius 1 is 1.06 bits per heavy atom. The highest BCUT2D eigenvalue weighted by atomic mass is 35.5. The number of carbonyl (C=O) groups is 1. The lowest BCUT2D eigenvalue weighted by Gasteiger charge is -2.16. The molecule has 0 aliphatic heterocycles. The molecule has 0 saturated carbocycles. The number of carbonyl (C=O) groups excluding carboxylic acids is 1. The minimum atomic E-state index is -0.658. The molecule has 0 radical (unpaired) electrons. The van der Waals surface area contributed by atoms with Crippen molar-refractivity contribution in [3.8, 4) is 34.1 Å². The molecule has 34 heavy (non-hydrogen) atoms. The number of esters is 1. The summed E-state index contributed by atoms with van der Waals surface area (Å²) in [7, 11) is 1.50. The molecule has 0 fully saturated rings. The lowest BCUT2D eigenvalue weighted by molar-refractivity contribution is 0.0521. The maximum absolute atomic E-state index is 15.3. The van der Waals surface area contributed by atoms with E-state index < -0.39 is 11.8 Å². The van der Waals surface area contributed by atoms with Crippen LogP contribution in [0.4, 0.5) is 4.39 Å². The fourth-order valence-corrected chi connectivity index (χ4v) is 4.08. The number of hydrogen-bond donors (Lipinski definition) is 0. The number of methoxy groups -OCH3 is 1. The Balaban J connectivity index is 2.19. The molecular weight excluding hydrogens is 478 g/mol. The molecule has 0 unspecified atom stereocenters. The van der Waals surface area contributed by atoms with Gasteiger partial charge in [0.05, 0.1) is 25.1 Å². The molecule has 3 aromatic carbocycles. The van der Waals surface area contributed by atoms with Gasteiger partial charge in [-0.25, -0.2) is 14.2 Å². The van der Waals surface area contributed by atoms with E-state index in [9.17, 15) is 4.79 Å². The van der Waals surface area contributed by atoms with Crippen LogP contribution in [-0.4, -0.2) is 29.2 Å². The second-order valence-electron chi connectivity index (χ2n) is 7.50. The van der Waals surface area contributed by atoms with Crippen LogP contribution in [-0.2, 0) is 4.74 Å². The van der Waals surface area contributed by atoms with Crippen LogP contribution in [0.15, 0.2) is 60.7 Å². The first-order valence-electron chi connectivity index (χ1n) is 10.5. The van der Waals surface area contributed by atoms with Crippen molar-refractivity contribution in [2.24, 2.45) is 0 Å². The summed E-state index contributed by atoms with van der Waals surface area (Å²) in [5, 5.41) is 0.726. The largest absolute Gasteiger partial charge is 0.496 e. The van der Waals surface area contributed by atoms with Crippen molar-refractivity contribution in [2.75, 3.05) is 13.7 Å². The number of aromatic nitrogens is 2. The molecule has 174 valence electrons. The van der Waals surface area contributed by atoms with Crippen molar-refractivity contribution in [3.63, 3.8) is 0 Å². The number of hydrogen-bond acceptors (Lipinski definition) is 4. The van der Waals surface area contributed by atoms with Crippen LogP contribution in [0.5, 0.6) is 5.75 Å². The maximum atomic E-state index is 15.3. The summed E-state index contributed by atoms with van der Waals surface area (Å²) in [6.45, 7) is 3.78. The second-order valence-corrected chi connectivity index (χ2v) is 8.37. The first-order chi connectivity index (χ1) is 16.3. The molecule has 0 saturated heterocycles. The van der Waals surface area contributed by atoms with Gasteiger partial charge in [-0.2, -0.15) is 0 Å². The van der Waals surface area contributed by atoms with Gasteiger partial charge in [0.15, 0.2) is 5.69 Å². The van der Waals surface area contributed by atoms with E-state index in [-0.39, 0.29) is 23.7 Å². The Morgan fingerprint density at radius 3 is 2.50 bits per heavy atom. The van der Waals surface area contributed by atoms with Gasteiger partial charge in [0, 0.05) is 21.2 Å². The lowest BCUT2D eigenvalue weighted by atomic mass is 10.1. The van der Waals surface area contributed by atoms with E-state index in [2.05, 4.69) is 4.98 Å². The fourth-order valence-electron chi connectivity index (χ4n) is 3.75. The smallest absolute Gasteiger partial charge is 0.359 e. The molecule has 0 spiro atoms. The third-order valence-electron chi connectivity index (χ3n) is 5.19. The highest BCUT2D eigenvalue weighted by Crippen LogP contribution is 2.40. The summed E-state index contributed by atoms with van der Waals surface area (Å²) in [4.78, 5) is 17.7. The molecule has 0 atom stereocenters. The Morgan fingerprint density at radius 2 is 1.79 bits per heavy atom. The van der Waals surface area contributed by atoms with E-state index >= 15 is 4.39 Å². The molecule has 0 N–H and O–H groups in total. The van der Waals surface area contributed by atoms with Gasteiger partial charge in [-0.3, -0.25) is 4.57 Å². The van der Waals surface area contributed by atoms with Crippen LogP contribution in [0.1, 0.15) is 23.0 Å². The summed E-state index contributed by atoms with van der Waals surface area (Å²) < 4.78 is 27.7. The van der Waals surface area contributed by atoms with Crippen LogP contribution in [0.2, 0.25) is 10.0 Å². The number of aryl methyl sites for hydroxylation is 1. The van der Waals surface area contributed by atoms with E-state index in [1.807, 2.05) is 31.2 Å². The summed E-state index contributed by atoms with van der Waals surface area (Å²) >= 11 is 12.6. The number of halogens is 3. The molecule has 4 aromatic rings. The molecule has 1 heterocycles. The first kappa shape index (κ1) is 23.8. The van der Waals surface area contributed by atoms with Crippen LogP contribution >= 0.6 is 23.2 Å². The molecule has 5 nitrogen and oxygen atoms in total. The number of imidazole rings is 1. The second kappa shape index (κ2) is 9.87. The molecule has 0 bridgehead atoms. The minimum absolute atomic E-state index is 0.00158. The van der Waals surface area contributed by atoms with Gasteiger partial charge in [-0.15, -0.1) is 0 Å². The summed E-state index contributed by atoms with van der Waals surface area (Å²) in [6, 6.07) is 16.7. The Labute approximate surface area is 206 Å². The molecule has 0 aliphatic rings. The fraction of sp³-hybridized carbons (Fsp3) is 0.154. The lowest BCUT2D eigenvalue weighted by Crippen LogP contribution is -2.09. The van der Waals surface area contributed by atoms with Gasteiger partial charge < -0.3 is 9.47 Å². The van der Waals surface area contributed by atoms with Gasteiger partial charge in [0.1, 0.15) is 17.4 Å². The van der Waals surface area contributed by atoms with E-state index in [0.717, 1.165) is 5.56 Å². The number of rotatable bonds is 6. The number of ether oxygens (including phenoxy) is 2. The molecular formula is C26H21Cl2FN2O3.